The summed E-state index contributed by atoms with van der Waals surface area (Å²) < 4.78 is 49.9. The average molecular weight is 486 g/mol. The second kappa shape index (κ2) is 8.78. The largest absolute Gasteiger partial charge is 0.377 e. The van der Waals surface area contributed by atoms with Crippen LogP contribution in [0.15, 0.2) is 23.4 Å². The smallest absolute Gasteiger partial charge is 0.291 e. The predicted molar refractivity (Wildman–Crippen MR) is 117 cm³/mol. The van der Waals surface area contributed by atoms with Crippen molar-refractivity contribution in [3.63, 3.8) is 0 Å². The van der Waals surface area contributed by atoms with Gasteiger partial charge < -0.3 is 15.0 Å². The van der Waals surface area contributed by atoms with Crippen LogP contribution in [-0.4, -0.2) is 70.7 Å². The Bertz CT molecular complexity index is 1100. The average Bonchev–Trinajstić information content (AvgIpc) is 3.40. The molecule has 0 aromatic carbocycles. The molecule has 0 radical (unpaired) electrons. The molecule has 8 nitrogen and oxygen atoms in total. The Labute approximate surface area is 190 Å². The number of piperazine rings is 1. The summed E-state index contributed by atoms with van der Waals surface area (Å²) in [6.07, 6.45) is -0.995. The lowest BCUT2D eigenvalue weighted by atomic mass is 10.0. The van der Waals surface area contributed by atoms with Gasteiger partial charge in [0.2, 0.25) is 0 Å². The molecule has 13 heteroatoms. The van der Waals surface area contributed by atoms with E-state index in [0.29, 0.717) is 30.0 Å². The lowest BCUT2D eigenvalue weighted by Gasteiger charge is -2.39. The molecule has 1 unspecified atom stereocenters. The Kier molecular flexibility index (Phi) is 6.01. The van der Waals surface area contributed by atoms with E-state index >= 15 is 0 Å². The van der Waals surface area contributed by atoms with Gasteiger partial charge in [0.15, 0.2) is 10.0 Å². The standard InChI is InChI=1S/C19H22F3N7OS2/c1-11-6-28(3-2-23-11)14-5-12(32-27-19(7-20)8-30-9-19)4-13-15(24-10-29(13)14)17-25-26-18(31-17)16(21)22/h4-5,10-11,16,23,27H,2-3,6-9H2,1H3. The van der Waals surface area contributed by atoms with Gasteiger partial charge in [-0.3, -0.25) is 4.40 Å². The van der Waals surface area contributed by atoms with Gasteiger partial charge in [0.25, 0.3) is 6.43 Å². The molecule has 2 N–H and O–H groups in total. The maximum atomic E-state index is 13.5. The molecule has 2 aliphatic rings. The normalized spacial score (nSPS) is 20.8. The third-order valence-electron chi connectivity index (χ3n) is 5.52. The van der Waals surface area contributed by atoms with E-state index in [0.717, 1.165) is 47.2 Å². The van der Waals surface area contributed by atoms with Crippen molar-refractivity contribution in [3.05, 3.63) is 23.5 Å². The van der Waals surface area contributed by atoms with Gasteiger partial charge >= 0.3 is 0 Å². The fourth-order valence-corrected chi connectivity index (χ4v) is 5.30. The van der Waals surface area contributed by atoms with Crippen LogP contribution in [0, 0.1) is 0 Å². The Morgan fingerprint density at radius 3 is 2.88 bits per heavy atom. The summed E-state index contributed by atoms with van der Waals surface area (Å²) in [5, 5.41) is 11.0. The van der Waals surface area contributed by atoms with Crippen LogP contribution in [0.25, 0.3) is 16.2 Å². The van der Waals surface area contributed by atoms with E-state index in [1.807, 2.05) is 16.5 Å². The summed E-state index contributed by atoms with van der Waals surface area (Å²) in [4.78, 5) is 7.60. The Morgan fingerprint density at radius 2 is 2.22 bits per heavy atom. The Morgan fingerprint density at radius 1 is 1.38 bits per heavy atom. The number of nitrogens with zero attached hydrogens (tertiary/aromatic N) is 5. The molecule has 5 heterocycles. The summed E-state index contributed by atoms with van der Waals surface area (Å²) >= 11 is 2.17. The van der Waals surface area contributed by atoms with E-state index < -0.39 is 18.6 Å². The van der Waals surface area contributed by atoms with Crippen molar-refractivity contribution in [2.45, 2.75) is 29.8 Å². The van der Waals surface area contributed by atoms with E-state index in [9.17, 15) is 13.2 Å². The molecule has 2 fully saturated rings. The van der Waals surface area contributed by atoms with Gasteiger partial charge in [-0.15, -0.1) is 10.2 Å². The molecule has 5 rings (SSSR count). The molecule has 2 aliphatic heterocycles. The Hall–Kier alpha value is -1.93. The minimum absolute atomic E-state index is 0.315. The topological polar surface area (TPSA) is 79.6 Å². The van der Waals surface area contributed by atoms with Crippen LogP contribution in [0.5, 0.6) is 0 Å². The number of halogens is 3. The number of fused-ring (bicyclic) bond motifs is 1. The summed E-state index contributed by atoms with van der Waals surface area (Å²) in [5.41, 5.74) is 0.539. The van der Waals surface area contributed by atoms with E-state index in [2.05, 4.69) is 37.0 Å². The molecule has 3 aromatic rings. The zero-order valence-corrected chi connectivity index (χ0v) is 18.9. The highest BCUT2D eigenvalue weighted by molar-refractivity contribution is 7.97. The van der Waals surface area contributed by atoms with E-state index in [4.69, 9.17) is 4.74 Å². The van der Waals surface area contributed by atoms with Gasteiger partial charge in [-0.1, -0.05) is 11.3 Å². The fourth-order valence-electron chi connectivity index (χ4n) is 3.76. The number of anilines is 1. The first-order valence-electron chi connectivity index (χ1n) is 10.2. The number of hydrogen-bond donors (Lipinski definition) is 2. The molecule has 0 spiro atoms. The highest BCUT2D eigenvalue weighted by Crippen LogP contribution is 2.35. The molecule has 0 amide bonds. The highest BCUT2D eigenvalue weighted by Gasteiger charge is 2.39. The minimum Gasteiger partial charge on any atom is -0.377 e. The van der Waals surface area contributed by atoms with Crippen LogP contribution in [0.4, 0.5) is 19.0 Å². The van der Waals surface area contributed by atoms with Crippen LogP contribution in [0.3, 0.4) is 0 Å². The van der Waals surface area contributed by atoms with Crippen molar-refractivity contribution in [2.24, 2.45) is 0 Å². The first kappa shape index (κ1) is 21.9. The zero-order chi connectivity index (χ0) is 22.3. The first-order valence-corrected chi connectivity index (χ1v) is 11.8. The van der Waals surface area contributed by atoms with Gasteiger partial charge in [-0.25, -0.2) is 22.9 Å². The van der Waals surface area contributed by atoms with Gasteiger partial charge in [0.1, 0.15) is 30.1 Å². The number of alkyl halides is 3. The maximum absolute atomic E-state index is 13.5. The summed E-state index contributed by atoms with van der Waals surface area (Å²) in [6.45, 7) is 4.70. The van der Waals surface area contributed by atoms with Gasteiger partial charge in [0.05, 0.1) is 18.7 Å². The number of imidazole rings is 1. The van der Waals surface area contributed by atoms with Crippen molar-refractivity contribution >= 4 is 34.6 Å². The molecular weight excluding hydrogens is 463 g/mol. The second-order valence-corrected chi connectivity index (χ2v) is 9.94. The molecule has 172 valence electrons. The van der Waals surface area contributed by atoms with Crippen molar-refractivity contribution in [2.75, 3.05) is 44.4 Å². The zero-order valence-electron chi connectivity index (χ0n) is 17.2. The van der Waals surface area contributed by atoms with Gasteiger partial charge in [-0.05, 0) is 31.0 Å². The predicted octanol–water partition coefficient (Wildman–Crippen LogP) is 2.92. The number of hydrogen-bond acceptors (Lipinski definition) is 9. The fraction of sp³-hybridized carbons (Fsp3) is 0.526. The summed E-state index contributed by atoms with van der Waals surface area (Å²) in [5.74, 6) is 0.927. The van der Waals surface area contributed by atoms with Crippen molar-refractivity contribution in [3.8, 4) is 10.7 Å². The number of pyridine rings is 1. The summed E-state index contributed by atoms with van der Waals surface area (Å²) in [6, 6.07) is 4.25. The molecule has 0 bridgehead atoms. The SMILES string of the molecule is CC1CN(c2cc(SNC3(CF)COC3)cc3c(-c4nnc(C(F)F)s4)ncn23)CCN1. The van der Waals surface area contributed by atoms with Crippen molar-refractivity contribution < 1.29 is 17.9 Å². The lowest BCUT2D eigenvalue weighted by Crippen LogP contribution is -2.59. The summed E-state index contributed by atoms with van der Waals surface area (Å²) in [7, 11) is 0. The van der Waals surface area contributed by atoms with Crippen LogP contribution in [-0.2, 0) is 4.74 Å². The van der Waals surface area contributed by atoms with Crippen LogP contribution >= 0.6 is 23.3 Å². The molecule has 2 saturated heterocycles. The number of nitrogens with one attached hydrogen (secondary N) is 2. The maximum Gasteiger partial charge on any atom is 0.291 e. The monoisotopic (exact) mass is 485 g/mol. The van der Waals surface area contributed by atoms with Crippen LogP contribution in [0.1, 0.15) is 18.4 Å². The molecule has 3 aromatic heterocycles. The molecule has 32 heavy (non-hydrogen) atoms. The number of aromatic nitrogens is 4. The lowest BCUT2D eigenvalue weighted by molar-refractivity contribution is -0.0712. The van der Waals surface area contributed by atoms with E-state index in [1.165, 1.54) is 11.9 Å². The van der Waals surface area contributed by atoms with E-state index in [1.54, 1.807) is 6.33 Å². The van der Waals surface area contributed by atoms with Crippen LogP contribution < -0.4 is 14.9 Å². The third-order valence-corrected chi connectivity index (χ3v) is 7.47. The van der Waals surface area contributed by atoms with E-state index in [-0.39, 0.29) is 5.01 Å². The third kappa shape index (κ3) is 4.07. The van der Waals surface area contributed by atoms with Gasteiger partial charge in [0, 0.05) is 30.6 Å². The molecule has 0 aliphatic carbocycles. The van der Waals surface area contributed by atoms with Crippen molar-refractivity contribution in [1.82, 2.24) is 29.6 Å². The molecule has 1 atom stereocenters. The quantitative estimate of drug-likeness (QED) is 0.495. The highest BCUT2D eigenvalue weighted by atomic mass is 32.2. The van der Waals surface area contributed by atoms with Gasteiger partial charge in [-0.2, -0.15) is 0 Å². The number of rotatable bonds is 7. The minimum atomic E-state index is -2.68. The Balaban J connectivity index is 1.55. The molecule has 0 saturated carbocycles. The second-order valence-electron chi connectivity index (χ2n) is 8.06. The first-order chi connectivity index (χ1) is 15.5. The van der Waals surface area contributed by atoms with Crippen LogP contribution in [0.2, 0.25) is 0 Å². The van der Waals surface area contributed by atoms with Crippen molar-refractivity contribution in [1.29, 1.82) is 0 Å². The number of ether oxygens (including phenoxy) is 1. The molecular formula is C19H22F3N7OS2.